The summed E-state index contributed by atoms with van der Waals surface area (Å²) in [7, 11) is 0. The molecule has 1 atom stereocenters. The van der Waals surface area contributed by atoms with Gasteiger partial charge in [-0.3, -0.25) is 0 Å². The zero-order chi connectivity index (χ0) is 13.9. The third kappa shape index (κ3) is 4.03. The van der Waals surface area contributed by atoms with Gasteiger partial charge in [0.1, 0.15) is 11.6 Å². The molecule has 1 saturated carbocycles. The number of hydrogen-bond acceptors (Lipinski definition) is 1. The molecule has 1 aliphatic rings. The monoisotopic (exact) mass is 292 g/mol. The van der Waals surface area contributed by atoms with Crippen LogP contribution in [0.1, 0.15) is 31.2 Å². The van der Waals surface area contributed by atoms with Crippen LogP contribution in [0.5, 0.6) is 5.75 Å². The first kappa shape index (κ1) is 14.5. The molecule has 0 saturated heterocycles. The lowest BCUT2D eigenvalue weighted by atomic mass is 9.87. The predicted molar refractivity (Wildman–Crippen MR) is 68.4 cm³/mol. The van der Waals surface area contributed by atoms with Gasteiger partial charge in [-0.05, 0) is 37.0 Å². The van der Waals surface area contributed by atoms with Gasteiger partial charge in [-0.1, -0.05) is 0 Å². The Morgan fingerprint density at radius 3 is 2.84 bits per heavy atom. The Morgan fingerprint density at radius 2 is 2.16 bits per heavy atom. The van der Waals surface area contributed by atoms with E-state index in [-0.39, 0.29) is 37.1 Å². The Labute approximate surface area is 115 Å². The molecule has 1 aromatic rings. The second-order valence-electron chi connectivity index (χ2n) is 5.02. The third-order valence-electron chi connectivity index (χ3n) is 3.38. The summed E-state index contributed by atoms with van der Waals surface area (Å²) < 4.78 is 45.1. The van der Waals surface area contributed by atoms with E-state index in [4.69, 9.17) is 16.3 Å². The van der Waals surface area contributed by atoms with Crippen molar-refractivity contribution in [3.05, 3.63) is 29.6 Å². The number of alkyl halides is 3. The Kier molecular flexibility index (Phi) is 4.61. The minimum absolute atomic E-state index is 0.0347. The number of ether oxygens (including phenoxy) is 1. The third-order valence-corrected chi connectivity index (χ3v) is 3.67. The maximum Gasteiger partial charge on any atom is 0.248 e. The van der Waals surface area contributed by atoms with E-state index in [0.717, 1.165) is 6.42 Å². The molecule has 1 aliphatic carbocycles. The van der Waals surface area contributed by atoms with Gasteiger partial charge < -0.3 is 4.74 Å². The summed E-state index contributed by atoms with van der Waals surface area (Å²) in [6.07, 6.45) is 1.09. The normalized spacial score (nSPS) is 22.2. The lowest BCUT2D eigenvalue weighted by molar-refractivity contribution is -0.0585. The topological polar surface area (TPSA) is 9.23 Å². The SMILES string of the molecule is Fc1ccc(OCC2CCCC(F)(F)C2)c(CCl)c1. The molecule has 5 heteroatoms. The van der Waals surface area contributed by atoms with Crippen molar-refractivity contribution < 1.29 is 17.9 Å². The van der Waals surface area contributed by atoms with E-state index in [1.165, 1.54) is 18.2 Å². The van der Waals surface area contributed by atoms with E-state index in [9.17, 15) is 13.2 Å². The van der Waals surface area contributed by atoms with Crippen LogP contribution in [0.2, 0.25) is 0 Å². The van der Waals surface area contributed by atoms with Crippen molar-refractivity contribution in [2.45, 2.75) is 37.5 Å². The largest absolute Gasteiger partial charge is 0.493 e. The second kappa shape index (κ2) is 6.04. The zero-order valence-corrected chi connectivity index (χ0v) is 11.2. The highest BCUT2D eigenvalue weighted by Gasteiger charge is 2.36. The van der Waals surface area contributed by atoms with Gasteiger partial charge in [0.05, 0.1) is 12.5 Å². The van der Waals surface area contributed by atoms with Gasteiger partial charge in [0.2, 0.25) is 5.92 Å². The van der Waals surface area contributed by atoms with Crippen LogP contribution >= 0.6 is 11.6 Å². The molecule has 1 aromatic carbocycles. The average Bonchev–Trinajstić information content (AvgIpc) is 2.36. The fraction of sp³-hybridized carbons (Fsp3) is 0.571. The van der Waals surface area contributed by atoms with Crippen LogP contribution in [0.15, 0.2) is 18.2 Å². The molecule has 2 rings (SSSR count). The maximum atomic E-state index is 13.3. The first-order valence-electron chi connectivity index (χ1n) is 6.35. The molecule has 0 bridgehead atoms. The standard InChI is InChI=1S/C14H16ClF3O/c15-8-11-6-12(16)3-4-13(11)19-9-10-2-1-5-14(17,18)7-10/h3-4,6,10H,1-2,5,7-9H2. The second-order valence-corrected chi connectivity index (χ2v) is 5.28. The molecule has 0 N–H and O–H groups in total. The van der Waals surface area contributed by atoms with Crippen molar-refractivity contribution in [1.82, 2.24) is 0 Å². The molecule has 1 unspecified atom stereocenters. The first-order chi connectivity index (χ1) is 9.00. The summed E-state index contributed by atoms with van der Waals surface area (Å²) in [4.78, 5) is 0. The van der Waals surface area contributed by atoms with Crippen LogP contribution < -0.4 is 4.74 Å². The number of benzene rings is 1. The van der Waals surface area contributed by atoms with E-state index < -0.39 is 5.92 Å². The van der Waals surface area contributed by atoms with Crippen LogP contribution in [-0.4, -0.2) is 12.5 Å². The highest BCUT2D eigenvalue weighted by atomic mass is 35.5. The quantitative estimate of drug-likeness (QED) is 0.726. The van der Waals surface area contributed by atoms with Crippen LogP contribution in [0.4, 0.5) is 13.2 Å². The number of rotatable bonds is 4. The average molecular weight is 293 g/mol. The molecule has 0 aromatic heterocycles. The van der Waals surface area contributed by atoms with Crippen molar-refractivity contribution >= 4 is 11.6 Å². The maximum absolute atomic E-state index is 13.3. The Bertz CT molecular complexity index is 437. The Hall–Kier alpha value is -0.900. The molecule has 0 amide bonds. The van der Waals surface area contributed by atoms with Crippen LogP contribution in [0, 0.1) is 11.7 Å². The van der Waals surface area contributed by atoms with Crippen molar-refractivity contribution in [1.29, 1.82) is 0 Å². The van der Waals surface area contributed by atoms with Gasteiger partial charge >= 0.3 is 0 Å². The summed E-state index contributed by atoms with van der Waals surface area (Å²) in [5, 5.41) is 0. The van der Waals surface area contributed by atoms with Crippen LogP contribution in [0.3, 0.4) is 0 Å². The first-order valence-corrected chi connectivity index (χ1v) is 6.88. The number of halogens is 4. The molecule has 1 nitrogen and oxygen atoms in total. The Balaban J connectivity index is 1.95. The summed E-state index contributed by atoms with van der Waals surface area (Å²) >= 11 is 5.70. The van der Waals surface area contributed by atoms with E-state index >= 15 is 0 Å². The lowest BCUT2D eigenvalue weighted by Gasteiger charge is -2.28. The molecule has 0 radical (unpaired) electrons. The van der Waals surface area contributed by atoms with Gasteiger partial charge in [0.25, 0.3) is 0 Å². The van der Waals surface area contributed by atoms with Gasteiger partial charge in [0.15, 0.2) is 0 Å². The van der Waals surface area contributed by atoms with E-state index in [2.05, 4.69) is 0 Å². The molecule has 0 heterocycles. The molecule has 19 heavy (non-hydrogen) atoms. The lowest BCUT2D eigenvalue weighted by Crippen LogP contribution is -2.29. The molecule has 0 aliphatic heterocycles. The number of hydrogen-bond donors (Lipinski definition) is 0. The van der Waals surface area contributed by atoms with Crippen molar-refractivity contribution in [3.63, 3.8) is 0 Å². The van der Waals surface area contributed by atoms with Crippen molar-refractivity contribution in [2.24, 2.45) is 5.92 Å². The van der Waals surface area contributed by atoms with Crippen LogP contribution in [0.25, 0.3) is 0 Å². The highest BCUT2D eigenvalue weighted by Crippen LogP contribution is 2.37. The molecule has 106 valence electrons. The molecule has 1 fully saturated rings. The smallest absolute Gasteiger partial charge is 0.248 e. The predicted octanol–water partition coefficient (Wildman–Crippen LogP) is 4.77. The summed E-state index contributed by atoms with van der Waals surface area (Å²) in [6, 6.07) is 4.08. The minimum atomic E-state index is -2.58. The van der Waals surface area contributed by atoms with Crippen LogP contribution in [-0.2, 0) is 5.88 Å². The summed E-state index contributed by atoms with van der Waals surface area (Å²) in [5.74, 6) is -2.51. The van der Waals surface area contributed by atoms with E-state index in [1.54, 1.807) is 0 Å². The fourth-order valence-electron chi connectivity index (χ4n) is 2.42. The minimum Gasteiger partial charge on any atom is -0.493 e. The van der Waals surface area contributed by atoms with Gasteiger partial charge in [-0.2, -0.15) is 0 Å². The Morgan fingerprint density at radius 1 is 1.37 bits per heavy atom. The fourth-order valence-corrected chi connectivity index (χ4v) is 2.63. The summed E-state index contributed by atoms with van der Waals surface area (Å²) in [6.45, 7) is 0.227. The molecular weight excluding hydrogens is 277 g/mol. The highest BCUT2D eigenvalue weighted by molar-refractivity contribution is 6.17. The molecule has 0 spiro atoms. The van der Waals surface area contributed by atoms with E-state index in [0.29, 0.717) is 17.7 Å². The van der Waals surface area contributed by atoms with Crippen molar-refractivity contribution in [3.8, 4) is 5.75 Å². The zero-order valence-electron chi connectivity index (χ0n) is 10.5. The van der Waals surface area contributed by atoms with Crippen molar-refractivity contribution in [2.75, 3.05) is 6.61 Å². The van der Waals surface area contributed by atoms with E-state index in [1.807, 2.05) is 0 Å². The van der Waals surface area contributed by atoms with Gasteiger partial charge in [-0.25, -0.2) is 13.2 Å². The van der Waals surface area contributed by atoms with Gasteiger partial charge in [0, 0.05) is 18.4 Å². The molecular formula is C14H16ClF3O. The van der Waals surface area contributed by atoms with Gasteiger partial charge in [-0.15, -0.1) is 11.6 Å². The summed E-state index contributed by atoms with van der Waals surface area (Å²) in [5.41, 5.74) is 0.546.